The summed E-state index contributed by atoms with van der Waals surface area (Å²) in [5, 5.41) is 0. The van der Waals surface area contributed by atoms with Crippen molar-refractivity contribution in [1.29, 1.82) is 0 Å². The highest BCUT2D eigenvalue weighted by molar-refractivity contribution is 14.0. The number of aryl methyl sites for hydroxylation is 2. The van der Waals surface area contributed by atoms with Crippen LogP contribution in [0.15, 0.2) is 43.0 Å². The molecular weight excluding hydrogens is 363 g/mol. The fourth-order valence-electron chi connectivity index (χ4n) is 2.35. The van der Waals surface area contributed by atoms with Gasteiger partial charge in [-0.2, -0.15) is 9.55 Å². The van der Waals surface area contributed by atoms with Gasteiger partial charge in [0.05, 0.1) is 17.6 Å². The zero-order valence-corrected chi connectivity index (χ0v) is 14.2. The molecule has 0 amide bonds. The first-order valence-corrected chi connectivity index (χ1v) is 6.78. The lowest BCUT2D eigenvalue weighted by atomic mass is 10.3. The highest BCUT2D eigenvalue weighted by atomic mass is 127. The van der Waals surface area contributed by atoms with Crippen LogP contribution >= 0.6 is 24.0 Å². The second-order valence-electron chi connectivity index (χ2n) is 4.87. The van der Waals surface area contributed by atoms with Crippen LogP contribution < -0.4 is 4.57 Å². The van der Waals surface area contributed by atoms with Crippen LogP contribution in [0.2, 0.25) is 0 Å². The Balaban J connectivity index is 0.00000147. The van der Waals surface area contributed by atoms with Gasteiger partial charge in [-0.05, 0) is 18.6 Å². The van der Waals surface area contributed by atoms with Crippen molar-refractivity contribution >= 4 is 35.0 Å². The molecule has 1 aromatic carbocycles. The Morgan fingerprint density at radius 2 is 2.05 bits per heavy atom. The first-order chi connectivity index (χ1) is 9.29. The maximum atomic E-state index is 4.69. The van der Waals surface area contributed by atoms with E-state index in [1.807, 2.05) is 18.2 Å². The van der Waals surface area contributed by atoms with Gasteiger partial charge in [-0.3, -0.25) is 4.57 Å². The molecule has 0 saturated carbocycles. The molecule has 20 heavy (non-hydrogen) atoms. The van der Waals surface area contributed by atoms with E-state index >= 15 is 0 Å². The number of halogens is 1. The minimum absolute atomic E-state index is 0. The number of benzene rings is 1. The minimum Gasteiger partial charge on any atom is -0.293 e. The molecule has 0 radical (unpaired) electrons. The van der Waals surface area contributed by atoms with Gasteiger partial charge in [-0.15, -0.1) is 24.0 Å². The topological polar surface area (TPSA) is 26.6 Å². The predicted octanol–water partition coefficient (Wildman–Crippen LogP) is 3.07. The van der Waals surface area contributed by atoms with Gasteiger partial charge in [0.1, 0.15) is 12.4 Å². The highest BCUT2D eigenvalue weighted by Gasteiger charge is 2.14. The summed E-state index contributed by atoms with van der Waals surface area (Å²) in [5.74, 6) is 0.955. The van der Waals surface area contributed by atoms with Gasteiger partial charge in [-0.1, -0.05) is 25.5 Å². The molecule has 0 spiro atoms. The molecule has 2 aromatic heterocycles. The van der Waals surface area contributed by atoms with Crippen molar-refractivity contribution in [2.75, 3.05) is 0 Å². The number of unbranched alkanes of at least 4 members (excludes halogenated alkanes) is 1. The van der Waals surface area contributed by atoms with Gasteiger partial charge in [0.25, 0.3) is 6.33 Å². The van der Waals surface area contributed by atoms with Crippen molar-refractivity contribution in [2.45, 2.75) is 26.3 Å². The zero-order chi connectivity index (χ0) is 13.2. The van der Waals surface area contributed by atoms with Crippen LogP contribution in [-0.4, -0.2) is 14.1 Å². The van der Waals surface area contributed by atoms with Gasteiger partial charge in [-0.25, -0.2) is 4.57 Å². The maximum absolute atomic E-state index is 4.69. The molecular formula is C15H20IN4+. The third-order valence-corrected chi connectivity index (χ3v) is 3.46. The van der Waals surface area contributed by atoms with Crippen molar-refractivity contribution in [3.63, 3.8) is 0 Å². The van der Waals surface area contributed by atoms with E-state index in [2.05, 4.69) is 57.4 Å². The second kappa shape index (κ2) is 6.39. The number of imidazole rings is 2. The van der Waals surface area contributed by atoms with E-state index in [1.165, 1.54) is 12.8 Å². The average molecular weight is 383 g/mol. The number of rotatable bonds is 4. The third-order valence-electron chi connectivity index (χ3n) is 3.46. The van der Waals surface area contributed by atoms with Crippen LogP contribution in [0, 0.1) is 0 Å². The van der Waals surface area contributed by atoms with Gasteiger partial charge in [0.15, 0.2) is 0 Å². The normalized spacial score (nSPS) is 10.7. The van der Waals surface area contributed by atoms with Gasteiger partial charge in [0, 0.05) is 7.05 Å². The quantitative estimate of drug-likeness (QED) is 0.503. The van der Waals surface area contributed by atoms with E-state index in [0.29, 0.717) is 0 Å². The van der Waals surface area contributed by atoms with Crippen LogP contribution in [-0.2, 0) is 13.6 Å². The largest absolute Gasteiger partial charge is 0.306 e. The number of hydrogen-bond donors (Lipinski definition) is 0. The SMILES string of the molecule is CCCC[n+]1ccn(-c2nc3ccccc3n2C)c1.I. The molecule has 0 N–H and O–H groups in total. The molecule has 0 saturated heterocycles. The van der Waals surface area contributed by atoms with E-state index in [9.17, 15) is 0 Å². The number of hydrogen-bond acceptors (Lipinski definition) is 1. The lowest BCUT2D eigenvalue weighted by molar-refractivity contribution is -0.696. The molecule has 0 aliphatic carbocycles. The summed E-state index contributed by atoms with van der Waals surface area (Å²) in [6.07, 6.45) is 8.70. The van der Waals surface area contributed by atoms with Crippen molar-refractivity contribution < 1.29 is 4.57 Å². The van der Waals surface area contributed by atoms with Crippen LogP contribution in [0.5, 0.6) is 0 Å². The number of nitrogens with zero attached hydrogens (tertiary/aromatic N) is 4. The summed E-state index contributed by atoms with van der Waals surface area (Å²) >= 11 is 0. The Kier molecular flexibility index (Phi) is 4.80. The fraction of sp³-hybridized carbons (Fsp3) is 0.333. The molecule has 106 valence electrons. The van der Waals surface area contributed by atoms with Crippen molar-refractivity contribution in [1.82, 2.24) is 14.1 Å². The van der Waals surface area contributed by atoms with E-state index in [1.54, 1.807) is 0 Å². The summed E-state index contributed by atoms with van der Waals surface area (Å²) in [7, 11) is 2.06. The average Bonchev–Trinajstić information content (AvgIpc) is 3.02. The van der Waals surface area contributed by atoms with Gasteiger partial charge >= 0.3 is 5.95 Å². The first kappa shape index (κ1) is 15.0. The minimum atomic E-state index is 0. The van der Waals surface area contributed by atoms with E-state index in [0.717, 1.165) is 23.5 Å². The summed E-state index contributed by atoms with van der Waals surface area (Å²) in [6.45, 7) is 3.27. The standard InChI is InChI=1S/C15H19N4.HI/c1-3-4-9-18-10-11-19(12-18)15-16-13-7-5-6-8-14(13)17(15)2;/h5-8,10-12H,3-4,9H2,1-2H3;1H/q+1;. The lowest BCUT2D eigenvalue weighted by Gasteiger charge is -1.96. The monoisotopic (exact) mass is 383 g/mol. The number of para-hydroxylation sites is 2. The summed E-state index contributed by atoms with van der Waals surface area (Å²) in [5.41, 5.74) is 2.19. The summed E-state index contributed by atoms with van der Waals surface area (Å²) in [6, 6.07) is 8.22. The third kappa shape index (κ3) is 2.72. The molecule has 0 unspecified atom stereocenters. The van der Waals surface area contributed by atoms with Crippen LogP contribution in [0.4, 0.5) is 0 Å². The Morgan fingerprint density at radius 1 is 1.25 bits per heavy atom. The van der Waals surface area contributed by atoms with Crippen molar-refractivity contribution in [2.24, 2.45) is 7.05 Å². The van der Waals surface area contributed by atoms with Crippen LogP contribution in [0.25, 0.3) is 17.0 Å². The Labute approximate surface area is 136 Å². The lowest BCUT2D eigenvalue weighted by Crippen LogP contribution is -2.30. The molecule has 5 heteroatoms. The van der Waals surface area contributed by atoms with E-state index in [-0.39, 0.29) is 24.0 Å². The van der Waals surface area contributed by atoms with Crippen LogP contribution in [0.3, 0.4) is 0 Å². The molecule has 0 aliphatic heterocycles. The Morgan fingerprint density at radius 3 is 2.80 bits per heavy atom. The molecule has 0 atom stereocenters. The Hall–Kier alpha value is -1.37. The van der Waals surface area contributed by atoms with E-state index < -0.39 is 0 Å². The Bertz CT molecular complexity index is 699. The number of aromatic nitrogens is 4. The smallest absolute Gasteiger partial charge is 0.293 e. The maximum Gasteiger partial charge on any atom is 0.306 e. The van der Waals surface area contributed by atoms with Crippen LogP contribution in [0.1, 0.15) is 19.8 Å². The molecule has 2 heterocycles. The zero-order valence-electron chi connectivity index (χ0n) is 11.9. The molecule has 0 bridgehead atoms. The molecule has 3 rings (SSSR count). The first-order valence-electron chi connectivity index (χ1n) is 6.78. The summed E-state index contributed by atoms with van der Waals surface area (Å²) < 4.78 is 6.41. The number of fused-ring (bicyclic) bond motifs is 1. The summed E-state index contributed by atoms with van der Waals surface area (Å²) in [4.78, 5) is 4.69. The predicted molar refractivity (Wildman–Crippen MR) is 90.6 cm³/mol. The second-order valence-corrected chi connectivity index (χ2v) is 4.87. The highest BCUT2D eigenvalue weighted by Crippen LogP contribution is 2.16. The molecule has 0 aliphatic rings. The molecule has 3 aromatic rings. The molecule has 0 fully saturated rings. The van der Waals surface area contributed by atoms with Gasteiger partial charge < -0.3 is 0 Å². The van der Waals surface area contributed by atoms with E-state index in [4.69, 9.17) is 0 Å². The van der Waals surface area contributed by atoms with Crippen molar-refractivity contribution in [3.05, 3.63) is 43.0 Å². The molecule has 4 nitrogen and oxygen atoms in total. The van der Waals surface area contributed by atoms with Crippen molar-refractivity contribution in [3.8, 4) is 5.95 Å². The van der Waals surface area contributed by atoms with Gasteiger partial charge in [0.2, 0.25) is 0 Å². The fourth-order valence-corrected chi connectivity index (χ4v) is 2.35.